The van der Waals surface area contributed by atoms with Gasteiger partial charge in [0, 0.05) is 36.8 Å². The third kappa shape index (κ3) is 4.03. The number of anilines is 1. The zero-order chi connectivity index (χ0) is 21.1. The number of nitrogens with one attached hydrogen (secondary N) is 1. The Morgan fingerprint density at radius 1 is 0.833 bits per heavy atom. The Bertz CT molecular complexity index is 1290. The summed E-state index contributed by atoms with van der Waals surface area (Å²) in [7, 11) is 0.149. The summed E-state index contributed by atoms with van der Waals surface area (Å²) in [4.78, 5) is 11.1. The molecule has 0 atom stereocenters. The second-order valence-electron chi connectivity index (χ2n) is 7.08. The maximum Gasteiger partial charge on any atom is 0.241 e. The lowest BCUT2D eigenvalue weighted by Gasteiger charge is -2.17. The Morgan fingerprint density at radius 2 is 1.57 bits per heavy atom. The van der Waals surface area contributed by atoms with Crippen LogP contribution >= 0.6 is 0 Å². The van der Waals surface area contributed by atoms with Crippen LogP contribution in [0.4, 0.5) is 5.69 Å². The summed E-state index contributed by atoms with van der Waals surface area (Å²) in [5.41, 5.74) is 3.03. The molecule has 7 heteroatoms. The first-order valence-electron chi connectivity index (χ1n) is 9.52. The third-order valence-electron chi connectivity index (χ3n) is 4.81. The molecule has 2 heterocycles. The summed E-state index contributed by atoms with van der Waals surface area (Å²) < 4.78 is 28.9. The Morgan fingerprint density at radius 3 is 2.33 bits per heavy atom. The van der Waals surface area contributed by atoms with Crippen LogP contribution in [0.5, 0.6) is 0 Å². The molecule has 0 saturated heterocycles. The summed E-state index contributed by atoms with van der Waals surface area (Å²) in [6.45, 7) is 0.0900. The van der Waals surface area contributed by atoms with Crippen LogP contribution in [0.2, 0.25) is 0 Å². The van der Waals surface area contributed by atoms with E-state index in [-0.39, 0.29) is 11.4 Å². The van der Waals surface area contributed by atoms with Gasteiger partial charge >= 0.3 is 0 Å². The monoisotopic (exact) mass is 418 g/mol. The van der Waals surface area contributed by atoms with Crippen molar-refractivity contribution in [2.45, 2.75) is 11.4 Å². The summed E-state index contributed by atoms with van der Waals surface area (Å²) in [5.74, 6) is 0. The molecule has 0 aliphatic heterocycles. The molecular weight excluding hydrogens is 396 g/mol. The number of nitrogens with zero attached hydrogens (tertiary/aromatic N) is 3. The standard InChI is InChI=1S/C23H22N4O2S/c1-27(2)22-13-6-10-19-18(22)9-7-14-23(19)30(28,29)25-16-17-8-5-12-21(26-17)20-11-3-4-15-24-20/h3-15,25H,16H2,1-2H3. The summed E-state index contributed by atoms with van der Waals surface area (Å²) in [5, 5.41) is 1.58. The second-order valence-corrected chi connectivity index (χ2v) is 8.81. The second kappa shape index (κ2) is 8.22. The molecule has 0 radical (unpaired) electrons. The van der Waals surface area contributed by atoms with Gasteiger partial charge in [-0.3, -0.25) is 4.98 Å². The number of fused-ring (bicyclic) bond motifs is 1. The molecule has 2 aromatic carbocycles. The van der Waals surface area contributed by atoms with Gasteiger partial charge < -0.3 is 4.90 Å². The fourth-order valence-corrected chi connectivity index (χ4v) is 4.59. The molecule has 0 aliphatic carbocycles. The third-order valence-corrected chi connectivity index (χ3v) is 6.27. The van der Waals surface area contributed by atoms with Crippen molar-refractivity contribution < 1.29 is 8.42 Å². The van der Waals surface area contributed by atoms with Crippen LogP contribution in [0, 0.1) is 0 Å². The first kappa shape index (κ1) is 20.0. The van der Waals surface area contributed by atoms with Crippen molar-refractivity contribution in [1.82, 2.24) is 14.7 Å². The molecule has 2 aromatic heterocycles. The Labute approximate surface area is 176 Å². The lowest BCUT2D eigenvalue weighted by Crippen LogP contribution is -2.24. The van der Waals surface area contributed by atoms with Gasteiger partial charge in [-0.2, -0.15) is 0 Å². The lowest BCUT2D eigenvalue weighted by molar-refractivity contribution is 0.581. The van der Waals surface area contributed by atoms with Crippen LogP contribution in [0.25, 0.3) is 22.2 Å². The quantitative estimate of drug-likeness (QED) is 0.515. The van der Waals surface area contributed by atoms with E-state index in [1.807, 2.05) is 73.6 Å². The van der Waals surface area contributed by atoms with Crippen molar-refractivity contribution in [2.75, 3.05) is 19.0 Å². The highest BCUT2D eigenvalue weighted by Crippen LogP contribution is 2.30. The van der Waals surface area contributed by atoms with Gasteiger partial charge in [0.1, 0.15) is 0 Å². The molecule has 0 fully saturated rings. The lowest BCUT2D eigenvalue weighted by atomic mass is 10.1. The van der Waals surface area contributed by atoms with Crippen molar-refractivity contribution in [1.29, 1.82) is 0 Å². The minimum absolute atomic E-state index is 0.0900. The average Bonchev–Trinajstić information content (AvgIpc) is 2.77. The molecule has 0 aliphatic rings. The van der Waals surface area contributed by atoms with Gasteiger partial charge in [0.05, 0.1) is 28.5 Å². The minimum Gasteiger partial charge on any atom is -0.377 e. The zero-order valence-electron chi connectivity index (χ0n) is 16.8. The highest BCUT2D eigenvalue weighted by Gasteiger charge is 2.18. The molecule has 0 amide bonds. The van der Waals surface area contributed by atoms with Crippen LogP contribution in [0.1, 0.15) is 5.69 Å². The van der Waals surface area contributed by atoms with Crippen LogP contribution < -0.4 is 9.62 Å². The van der Waals surface area contributed by atoms with E-state index in [0.29, 0.717) is 16.8 Å². The Kier molecular flexibility index (Phi) is 5.48. The smallest absolute Gasteiger partial charge is 0.241 e. The molecule has 4 rings (SSSR count). The first-order chi connectivity index (χ1) is 14.5. The predicted molar refractivity (Wildman–Crippen MR) is 120 cm³/mol. The zero-order valence-corrected chi connectivity index (χ0v) is 17.6. The molecule has 4 aromatic rings. The van der Waals surface area contributed by atoms with E-state index in [1.54, 1.807) is 24.4 Å². The highest BCUT2D eigenvalue weighted by molar-refractivity contribution is 7.89. The number of rotatable bonds is 6. The van der Waals surface area contributed by atoms with Gasteiger partial charge in [-0.25, -0.2) is 18.1 Å². The van der Waals surface area contributed by atoms with Gasteiger partial charge in [-0.05, 0) is 36.4 Å². The SMILES string of the molecule is CN(C)c1cccc2c(S(=O)(=O)NCc3cccc(-c4ccccn4)n3)cccc12. The topological polar surface area (TPSA) is 75.2 Å². The van der Waals surface area contributed by atoms with Gasteiger partial charge in [0.15, 0.2) is 0 Å². The normalized spacial score (nSPS) is 11.5. The maximum absolute atomic E-state index is 13.1. The van der Waals surface area contributed by atoms with Crippen LogP contribution in [0.15, 0.2) is 83.9 Å². The van der Waals surface area contributed by atoms with Gasteiger partial charge in [-0.1, -0.05) is 36.4 Å². The molecule has 0 unspecified atom stereocenters. The molecule has 0 saturated carbocycles. The Balaban J connectivity index is 1.63. The number of aromatic nitrogens is 2. The molecular formula is C23H22N4O2S. The van der Waals surface area contributed by atoms with E-state index < -0.39 is 10.0 Å². The molecule has 152 valence electrons. The van der Waals surface area contributed by atoms with E-state index in [0.717, 1.165) is 16.8 Å². The molecule has 6 nitrogen and oxygen atoms in total. The fourth-order valence-electron chi connectivity index (χ4n) is 3.37. The van der Waals surface area contributed by atoms with E-state index in [2.05, 4.69) is 14.7 Å². The molecule has 1 N–H and O–H groups in total. The van der Waals surface area contributed by atoms with Crippen molar-refractivity contribution in [2.24, 2.45) is 0 Å². The number of hydrogen-bond donors (Lipinski definition) is 1. The van der Waals surface area contributed by atoms with Crippen LogP contribution in [-0.2, 0) is 16.6 Å². The van der Waals surface area contributed by atoms with Gasteiger partial charge in [-0.15, -0.1) is 0 Å². The minimum atomic E-state index is -3.73. The first-order valence-corrected chi connectivity index (χ1v) is 11.0. The number of benzene rings is 2. The number of pyridine rings is 2. The van der Waals surface area contributed by atoms with E-state index in [4.69, 9.17) is 0 Å². The van der Waals surface area contributed by atoms with E-state index >= 15 is 0 Å². The van der Waals surface area contributed by atoms with E-state index in [9.17, 15) is 8.42 Å². The average molecular weight is 419 g/mol. The van der Waals surface area contributed by atoms with Crippen molar-refractivity contribution >= 4 is 26.5 Å². The van der Waals surface area contributed by atoms with Crippen LogP contribution in [0.3, 0.4) is 0 Å². The molecule has 0 bridgehead atoms. The summed E-state index contributed by atoms with van der Waals surface area (Å²) in [6, 6.07) is 22.1. The summed E-state index contributed by atoms with van der Waals surface area (Å²) in [6.07, 6.45) is 1.70. The largest absolute Gasteiger partial charge is 0.377 e. The van der Waals surface area contributed by atoms with Gasteiger partial charge in [0.25, 0.3) is 0 Å². The van der Waals surface area contributed by atoms with Crippen LogP contribution in [-0.4, -0.2) is 32.5 Å². The maximum atomic E-state index is 13.1. The van der Waals surface area contributed by atoms with Crippen molar-refractivity contribution in [3.8, 4) is 11.4 Å². The Hall–Kier alpha value is -3.29. The number of hydrogen-bond acceptors (Lipinski definition) is 5. The molecule has 0 spiro atoms. The summed E-state index contributed by atoms with van der Waals surface area (Å²) >= 11 is 0. The van der Waals surface area contributed by atoms with Gasteiger partial charge in [0.2, 0.25) is 10.0 Å². The van der Waals surface area contributed by atoms with Crippen molar-refractivity contribution in [3.05, 3.63) is 84.7 Å². The molecule has 30 heavy (non-hydrogen) atoms. The predicted octanol–water partition coefficient (Wildman–Crippen LogP) is 3.84. The van der Waals surface area contributed by atoms with Crippen molar-refractivity contribution in [3.63, 3.8) is 0 Å². The van der Waals surface area contributed by atoms with E-state index in [1.165, 1.54) is 0 Å². The fraction of sp³-hybridized carbons (Fsp3) is 0.130. The highest BCUT2D eigenvalue weighted by atomic mass is 32.2. The number of sulfonamides is 1.